The van der Waals surface area contributed by atoms with Crippen molar-refractivity contribution in [2.45, 2.75) is 13.0 Å². The molecule has 0 aliphatic carbocycles. The smallest absolute Gasteiger partial charge is 0.238 e. The molecule has 0 radical (unpaired) electrons. The first kappa shape index (κ1) is 20.3. The van der Waals surface area contributed by atoms with Crippen LogP contribution < -0.4 is 10.1 Å². The highest BCUT2D eigenvalue weighted by Crippen LogP contribution is 2.11. The number of rotatable bonds is 8. The van der Waals surface area contributed by atoms with Crippen molar-refractivity contribution < 1.29 is 14.6 Å². The van der Waals surface area contributed by atoms with E-state index >= 15 is 0 Å². The van der Waals surface area contributed by atoms with Crippen molar-refractivity contribution in [2.24, 2.45) is 0 Å². The number of aliphatic hydroxyl groups is 1. The number of β-amino-alcohol motifs (C(OH)–C–C–N with tert-alkyl or cyclic N) is 1. The van der Waals surface area contributed by atoms with Gasteiger partial charge in [0.15, 0.2) is 0 Å². The predicted octanol–water partition coefficient (Wildman–Crippen LogP) is 1.99. The third-order valence-corrected chi connectivity index (χ3v) is 4.82. The molecule has 3 rings (SSSR count). The van der Waals surface area contributed by atoms with E-state index in [9.17, 15) is 9.90 Å². The summed E-state index contributed by atoms with van der Waals surface area (Å²) >= 11 is 0. The molecule has 2 N–H and O–H groups in total. The number of nitrogens with zero attached hydrogens (tertiary/aromatic N) is 2. The Balaban J connectivity index is 1.33. The molecule has 0 aromatic heterocycles. The van der Waals surface area contributed by atoms with Gasteiger partial charge in [0.25, 0.3) is 0 Å². The maximum Gasteiger partial charge on any atom is 0.238 e. The number of carbonyl (C=O) groups is 1. The topological polar surface area (TPSA) is 65.0 Å². The van der Waals surface area contributed by atoms with E-state index in [2.05, 4.69) is 15.1 Å². The van der Waals surface area contributed by atoms with Crippen LogP contribution in [0.15, 0.2) is 54.6 Å². The van der Waals surface area contributed by atoms with E-state index in [0.717, 1.165) is 37.6 Å². The van der Waals surface area contributed by atoms with E-state index in [0.29, 0.717) is 13.1 Å². The minimum absolute atomic E-state index is 0.00796. The van der Waals surface area contributed by atoms with Gasteiger partial charge in [-0.3, -0.25) is 14.6 Å². The third kappa shape index (κ3) is 6.64. The SMILES string of the molecule is Cc1ccc(NC(=O)CN2CCN(C[C@@H](O)COc3ccccc3)CC2)cc1. The summed E-state index contributed by atoms with van der Waals surface area (Å²) in [4.78, 5) is 16.6. The Hall–Kier alpha value is -2.41. The molecule has 1 atom stereocenters. The molecule has 1 amide bonds. The molecule has 1 aliphatic heterocycles. The zero-order valence-corrected chi connectivity index (χ0v) is 16.4. The number of aliphatic hydroxyl groups excluding tert-OH is 1. The summed E-state index contributed by atoms with van der Waals surface area (Å²) in [6.07, 6.45) is -0.531. The van der Waals surface area contributed by atoms with Crippen LogP contribution in [0, 0.1) is 6.92 Å². The minimum atomic E-state index is -0.531. The van der Waals surface area contributed by atoms with Gasteiger partial charge in [0.05, 0.1) is 6.54 Å². The second-order valence-electron chi connectivity index (χ2n) is 7.27. The van der Waals surface area contributed by atoms with E-state index in [1.807, 2.05) is 61.5 Å². The number of hydrogen-bond donors (Lipinski definition) is 2. The summed E-state index contributed by atoms with van der Waals surface area (Å²) < 4.78 is 5.61. The van der Waals surface area contributed by atoms with Crippen LogP contribution in [-0.4, -0.2) is 72.8 Å². The largest absolute Gasteiger partial charge is 0.491 e. The van der Waals surface area contributed by atoms with Crippen LogP contribution in [0.25, 0.3) is 0 Å². The first-order valence-corrected chi connectivity index (χ1v) is 9.75. The lowest BCUT2D eigenvalue weighted by Crippen LogP contribution is -2.50. The van der Waals surface area contributed by atoms with Crippen molar-refractivity contribution >= 4 is 11.6 Å². The van der Waals surface area contributed by atoms with E-state index in [-0.39, 0.29) is 12.5 Å². The number of carbonyl (C=O) groups excluding carboxylic acids is 1. The van der Waals surface area contributed by atoms with Crippen molar-refractivity contribution in [1.29, 1.82) is 0 Å². The summed E-state index contributed by atoms with van der Waals surface area (Å²) in [5.41, 5.74) is 2.00. The summed E-state index contributed by atoms with van der Waals surface area (Å²) in [5.74, 6) is 0.777. The van der Waals surface area contributed by atoms with Crippen LogP contribution >= 0.6 is 0 Å². The lowest BCUT2D eigenvalue weighted by atomic mass is 10.2. The first-order chi connectivity index (χ1) is 13.6. The number of anilines is 1. The van der Waals surface area contributed by atoms with Gasteiger partial charge in [-0.25, -0.2) is 0 Å². The molecule has 1 saturated heterocycles. The van der Waals surface area contributed by atoms with E-state index < -0.39 is 6.10 Å². The van der Waals surface area contributed by atoms with Crippen molar-refractivity contribution in [3.05, 3.63) is 60.2 Å². The number of ether oxygens (including phenoxy) is 1. The summed E-state index contributed by atoms with van der Waals surface area (Å²) in [6, 6.07) is 17.3. The highest BCUT2D eigenvalue weighted by atomic mass is 16.5. The normalized spacial score (nSPS) is 16.5. The Morgan fingerprint density at radius 2 is 1.68 bits per heavy atom. The van der Waals surface area contributed by atoms with Crippen molar-refractivity contribution in [2.75, 3.05) is 51.2 Å². The Morgan fingerprint density at radius 3 is 2.36 bits per heavy atom. The third-order valence-electron chi connectivity index (χ3n) is 4.82. The molecular formula is C22H29N3O3. The average molecular weight is 383 g/mol. The molecule has 0 bridgehead atoms. The molecule has 2 aromatic carbocycles. The van der Waals surface area contributed by atoms with Crippen LogP contribution in [-0.2, 0) is 4.79 Å². The zero-order valence-electron chi connectivity index (χ0n) is 16.4. The zero-order chi connectivity index (χ0) is 19.8. The Kier molecular flexibility index (Phi) is 7.42. The fourth-order valence-electron chi connectivity index (χ4n) is 3.23. The molecule has 0 spiro atoms. The van der Waals surface area contributed by atoms with Crippen LogP contribution in [0.4, 0.5) is 5.69 Å². The molecule has 6 nitrogen and oxygen atoms in total. The van der Waals surface area contributed by atoms with Gasteiger partial charge in [-0.1, -0.05) is 35.9 Å². The number of amides is 1. The highest BCUT2D eigenvalue weighted by molar-refractivity contribution is 5.92. The highest BCUT2D eigenvalue weighted by Gasteiger charge is 2.21. The predicted molar refractivity (Wildman–Crippen MR) is 111 cm³/mol. The van der Waals surface area contributed by atoms with Crippen molar-refractivity contribution in [3.8, 4) is 5.75 Å². The van der Waals surface area contributed by atoms with Gasteiger partial charge in [0.2, 0.25) is 5.91 Å². The molecule has 1 heterocycles. The quantitative estimate of drug-likeness (QED) is 0.730. The molecule has 1 aliphatic rings. The van der Waals surface area contributed by atoms with Crippen LogP contribution in [0.1, 0.15) is 5.56 Å². The summed E-state index contributed by atoms with van der Waals surface area (Å²) in [5, 5.41) is 13.2. The summed E-state index contributed by atoms with van der Waals surface area (Å²) in [7, 11) is 0. The maximum absolute atomic E-state index is 12.2. The maximum atomic E-state index is 12.2. The van der Waals surface area contributed by atoms with Gasteiger partial charge in [0, 0.05) is 38.4 Å². The minimum Gasteiger partial charge on any atom is -0.491 e. The van der Waals surface area contributed by atoms with Crippen molar-refractivity contribution in [1.82, 2.24) is 9.80 Å². The molecule has 0 unspecified atom stereocenters. The van der Waals surface area contributed by atoms with E-state index in [1.54, 1.807) is 0 Å². The van der Waals surface area contributed by atoms with Crippen LogP contribution in [0.5, 0.6) is 5.75 Å². The lowest BCUT2D eigenvalue weighted by molar-refractivity contribution is -0.117. The number of hydrogen-bond acceptors (Lipinski definition) is 5. The monoisotopic (exact) mass is 383 g/mol. The summed E-state index contributed by atoms with van der Waals surface area (Å²) in [6.45, 7) is 6.57. The fraction of sp³-hybridized carbons (Fsp3) is 0.409. The Morgan fingerprint density at radius 1 is 1.04 bits per heavy atom. The van der Waals surface area contributed by atoms with Crippen molar-refractivity contribution in [3.63, 3.8) is 0 Å². The van der Waals surface area contributed by atoms with E-state index in [4.69, 9.17) is 4.74 Å². The van der Waals surface area contributed by atoms with Crippen LogP contribution in [0.3, 0.4) is 0 Å². The number of nitrogens with one attached hydrogen (secondary N) is 1. The van der Waals surface area contributed by atoms with Gasteiger partial charge in [-0.15, -0.1) is 0 Å². The van der Waals surface area contributed by atoms with E-state index in [1.165, 1.54) is 5.56 Å². The average Bonchev–Trinajstić information content (AvgIpc) is 2.70. The molecular weight excluding hydrogens is 354 g/mol. The first-order valence-electron chi connectivity index (χ1n) is 9.75. The number of para-hydroxylation sites is 1. The fourth-order valence-corrected chi connectivity index (χ4v) is 3.23. The van der Waals surface area contributed by atoms with Gasteiger partial charge >= 0.3 is 0 Å². The number of aryl methyl sites for hydroxylation is 1. The second-order valence-corrected chi connectivity index (χ2v) is 7.27. The van der Waals surface area contributed by atoms with Crippen LogP contribution in [0.2, 0.25) is 0 Å². The molecule has 2 aromatic rings. The van der Waals surface area contributed by atoms with Gasteiger partial charge in [0.1, 0.15) is 18.5 Å². The second kappa shape index (κ2) is 10.2. The molecule has 6 heteroatoms. The molecule has 0 saturated carbocycles. The van der Waals surface area contributed by atoms with Gasteiger partial charge in [-0.2, -0.15) is 0 Å². The molecule has 1 fully saturated rings. The van der Waals surface area contributed by atoms with Gasteiger partial charge in [-0.05, 0) is 31.2 Å². The standard InChI is InChI=1S/C22H29N3O3/c1-18-7-9-19(10-8-18)23-22(27)16-25-13-11-24(12-14-25)15-20(26)17-28-21-5-3-2-4-6-21/h2-10,20,26H,11-17H2,1H3,(H,23,27)/t20-/m1/s1. The number of piperazine rings is 1. The molecule has 28 heavy (non-hydrogen) atoms. The number of benzene rings is 2. The Bertz CT molecular complexity index is 728. The molecule has 150 valence electrons. The lowest BCUT2D eigenvalue weighted by Gasteiger charge is -2.35. The Labute approximate surface area is 166 Å². The van der Waals surface area contributed by atoms with Gasteiger partial charge < -0.3 is 15.2 Å².